The number of carbonyl (C=O) groups is 1. The maximum Gasteiger partial charge on any atom is 0.234 e. The van der Waals surface area contributed by atoms with Crippen molar-refractivity contribution in [1.82, 2.24) is 19.7 Å². The van der Waals surface area contributed by atoms with Gasteiger partial charge in [0.05, 0.1) is 17.3 Å². The van der Waals surface area contributed by atoms with Gasteiger partial charge in [-0.05, 0) is 18.6 Å². The fraction of sp³-hybridized carbons (Fsp3) is 0.200. The number of carbonyl (C=O) groups excluding carboxylic acids is 1. The minimum Gasteiger partial charge on any atom is -0.325 e. The van der Waals surface area contributed by atoms with Crippen LogP contribution < -0.4 is 5.32 Å². The number of amides is 1. The Kier molecular flexibility index (Phi) is 4.06. The van der Waals surface area contributed by atoms with E-state index in [1.54, 1.807) is 10.9 Å². The highest BCUT2D eigenvalue weighted by molar-refractivity contribution is 8.00. The molecule has 3 aromatic rings. The molecular formula is C15H15N5OS. The maximum absolute atomic E-state index is 12.1. The monoisotopic (exact) mass is 313 g/mol. The largest absolute Gasteiger partial charge is 0.325 e. The van der Waals surface area contributed by atoms with Crippen LogP contribution in [-0.2, 0) is 11.8 Å². The quantitative estimate of drug-likeness (QED) is 0.591. The smallest absolute Gasteiger partial charge is 0.234 e. The summed E-state index contributed by atoms with van der Waals surface area (Å²) in [6.45, 7) is 1.96. The number of aryl methyl sites for hydroxylation is 2. The van der Waals surface area contributed by atoms with E-state index in [4.69, 9.17) is 0 Å². The van der Waals surface area contributed by atoms with E-state index < -0.39 is 0 Å². The Morgan fingerprint density at radius 2 is 2.14 bits per heavy atom. The van der Waals surface area contributed by atoms with E-state index in [1.807, 2.05) is 38.2 Å². The third-order valence-corrected chi connectivity index (χ3v) is 4.26. The van der Waals surface area contributed by atoms with Crippen LogP contribution in [-0.4, -0.2) is 31.4 Å². The molecule has 2 aromatic heterocycles. The average molecular weight is 313 g/mol. The van der Waals surface area contributed by atoms with Gasteiger partial charge in [0, 0.05) is 12.7 Å². The Labute approximate surface area is 132 Å². The van der Waals surface area contributed by atoms with Gasteiger partial charge in [0.2, 0.25) is 5.91 Å². The van der Waals surface area contributed by atoms with Crippen molar-refractivity contribution < 1.29 is 4.79 Å². The fourth-order valence-corrected chi connectivity index (χ4v) is 2.85. The third-order valence-electron chi connectivity index (χ3n) is 3.25. The number of aromatic nitrogens is 4. The molecule has 0 aliphatic heterocycles. The zero-order valence-electron chi connectivity index (χ0n) is 12.3. The Bertz CT molecular complexity index is 830. The minimum absolute atomic E-state index is 0.0602. The number of fused-ring (bicyclic) bond motifs is 1. The van der Waals surface area contributed by atoms with Crippen LogP contribution in [0.1, 0.15) is 5.56 Å². The van der Waals surface area contributed by atoms with Crippen LogP contribution in [0.5, 0.6) is 0 Å². The molecule has 0 spiro atoms. The zero-order chi connectivity index (χ0) is 15.5. The van der Waals surface area contributed by atoms with Gasteiger partial charge < -0.3 is 5.32 Å². The summed E-state index contributed by atoms with van der Waals surface area (Å²) in [6.07, 6.45) is 3.21. The van der Waals surface area contributed by atoms with E-state index in [-0.39, 0.29) is 11.7 Å². The van der Waals surface area contributed by atoms with Gasteiger partial charge in [0.25, 0.3) is 0 Å². The highest BCUT2D eigenvalue weighted by atomic mass is 32.2. The molecule has 2 heterocycles. The molecule has 0 aliphatic carbocycles. The molecule has 0 saturated heterocycles. The number of hydrogen-bond donors (Lipinski definition) is 1. The lowest BCUT2D eigenvalue weighted by Crippen LogP contribution is -2.14. The van der Waals surface area contributed by atoms with Crippen LogP contribution in [0.3, 0.4) is 0 Å². The molecule has 22 heavy (non-hydrogen) atoms. The number of anilines is 1. The number of nitrogens with zero attached hydrogens (tertiary/aromatic N) is 4. The van der Waals surface area contributed by atoms with E-state index in [0.717, 1.165) is 27.3 Å². The second kappa shape index (κ2) is 6.15. The van der Waals surface area contributed by atoms with Crippen molar-refractivity contribution in [3.8, 4) is 0 Å². The van der Waals surface area contributed by atoms with Gasteiger partial charge in [-0.3, -0.25) is 9.48 Å². The van der Waals surface area contributed by atoms with Gasteiger partial charge in [0.1, 0.15) is 11.4 Å². The van der Waals surface area contributed by atoms with Gasteiger partial charge in [0.15, 0.2) is 5.65 Å². The summed E-state index contributed by atoms with van der Waals surface area (Å²) >= 11 is 1.38. The fourth-order valence-electron chi connectivity index (χ4n) is 2.09. The van der Waals surface area contributed by atoms with Crippen molar-refractivity contribution in [3.05, 3.63) is 42.4 Å². The number of benzene rings is 1. The SMILES string of the molecule is Cc1ccccc1NC(=O)CSc1ncnc2c1cnn2C. The first-order valence-electron chi connectivity index (χ1n) is 6.76. The van der Waals surface area contributed by atoms with E-state index in [9.17, 15) is 4.79 Å². The maximum atomic E-state index is 12.1. The van der Waals surface area contributed by atoms with Crippen molar-refractivity contribution in [2.24, 2.45) is 7.05 Å². The van der Waals surface area contributed by atoms with E-state index in [1.165, 1.54) is 18.1 Å². The lowest BCUT2D eigenvalue weighted by atomic mass is 10.2. The Morgan fingerprint density at radius 3 is 2.95 bits per heavy atom. The van der Waals surface area contributed by atoms with Crippen LogP contribution in [0.4, 0.5) is 5.69 Å². The molecule has 112 valence electrons. The number of hydrogen-bond acceptors (Lipinski definition) is 5. The van der Waals surface area contributed by atoms with Gasteiger partial charge in [-0.2, -0.15) is 5.10 Å². The van der Waals surface area contributed by atoms with Gasteiger partial charge in [-0.25, -0.2) is 9.97 Å². The molecule has 0 fully saturated rings. The van der Waals surface area contributed by atoms with Crippen molar-refractivity contribution in [2.75, 3.05) is 11.1 Å². The number of nitrogens with one attached hydrogen (secondary N) is 1. The second-order valence-electron chi connectivity index (χ2n) is 4.84. The molecule has 3 rings (SSSR count). The lowest BCUT2D eigenvalue weighted by molar-refractivity contribution is -0.113. The molecule has 0 bridgehead atoms. The molecule has 7 heteroatoms. The van der Waals surface area contributed by atoms with Crippen LogP contribution in [0, 0.1) is 6.92 Å². The highest BCUT2D eigenvalue weighted by Gasteiger charge is 2.11. The Hall–Kier alpha value is -2.41. The molecule has 1 N–H and O–H groups in total. The molecule has 0 radical (unpaired) electrons. The summed E-state index contributed by atoms with van der Waals surface area (Å²) in [5.41, 5.74) is 2.64. The molecule has 0 unspecified atom stereocenters. The van der Waals surface area contributed by atoms with Crippen LogP contribution >= 0.6 is 11.8 Å². The first kappa shape index (κ1) is 14.5. The lowest BCUT2D eigenvalue weighted by Gasteiger charge is -2.07. The molecule has 1 aromatic carbocycles. The molecule has 0 atom stereocenters. The highest BCUT2D eigenvalue weighted by Crippen LogP contribution is 2.24. The van der Waals surface area contributed by atoms with E-state index in [0.29, 0.717) is 0 Å². The molecule has 0 saturated carbocycles. The number of para-hydroxylation sites is 1. The normalized spacial score (nSPS) is 10.8. The predicted molar refractivity (Wildman–Crippen MR) is 86.8 cm³/mol. The Balaban J connectivity index is 1.69. The van der Waals surface area contributed by atoms with Gasteiger partial charge >= 0.3 is 0 Å². The summed E-state index contributed by atoms with van der Waals surface area (Å²) in [6, 6.07) is 7.70. The molecular weight excluding hydrogens is 298 g/mol. The summed E-state index contributed by atoms with van der Waals surface area (Å²) < 4.78 is 1.69. The van der Waals surface area contributed by atoms with E-state index in [2.05, 4.69) is 20.4 Å². The van der Waals surface area contributed by atoms with Crippen molar-refractivity contribution in [3.63, 3.8) is 0 Å². The average Bonchev–Trinajstić information content (AvgIpc) is 2.90. The molecule has 6 nitrogen and oxygen atoms in total. The minimum atomic E-state index is -0.0602. The van der Waals surface area contributed by atoms with Crippen LogP contribution in [0.25, 0.3) is 11.0 Å². The summed E-state index contributed by atoms with van der Waals surface area (Å²) in [5, 5.41) is 8.69. The van der Waals surface area contributed by atoms with E-state index >= 15 is 0 Å². The second-order valence-corrected chi connectivity index (χ2v) is 5.80. The first-order chi connectivity index (χ1) is 10.6. The summed E-state index contributed by atoms with van der Waals surface area (Å²) in [4.78, 5) is 20.5. The first-order valence-corrected chi connectivity index (χ1v) is 7.74. The van der Waals surface area contributed by atoms with Gasteiger partial charge in [-0.15, -0.1) is 0 Å². The molecule has 0 aliphatic rings. The van der Waals surface area contributed by atoms with Crippen molar-refractivity contribution in [2.45, 2.75) is 11.9 Å². The number of thioether (sulfide) groups is 1. The molecule has 1 amide bonds. The number of rotatable bonds is 4. The summed E-state index contributed by atoms with van der Waals surface area (Å²) in [5.74, 6) is 0.227. The van der Waals surface area contributed by atoms with Gasteiger partial charge in [-0.1, -0.05) is 30.0 Å². The van der Waals surface area contributed by atoms with Crippen molar-refractivity contribution >= 4 is 34.4 Å². The third kappa shape index (κ3) is 2.94. The zero-order valence-corrected chi connectivity index (χ0v) is 13.1. The topological polar surface area (TPSA) is 72.7 Å². The van der Waals surface area contributed by atoms with Crippen molar-refractivity contribution in [1.29, 1.82) is 0 Å². The van der Waals surface area contributed by atoms with Crippen LogP contribution in [0.2, 0.25) is 0 Å². The van der Waals surface area contributed by atoms with Crippen LogP contribution in [0.15, 0.2) is 41.8 Å². The Morgan fingerprint density at radius 1 is 1.32 bits per heavy atom. The summed E-state index contributed by atoms with van der Waals surface area (Å²) in [7, 11) is 1.83. The predicted octanol–water partition coefficient (Wildman–Crippen LogP) is 2.40. The standard InChI is InChI=1S/C15H15N5OS/c1-10-5-3-4-6-12(10)19-13(21)8-22-15-11-7-18-20(2)14(11)16-9-17-15/h3-7,9H,8H2,1-2H3,(H,19,21).